The van der Waals surface area contributed by atoms with Gasteiger partial charge in [-0.05, 0) is 60.4 Å². The van der Waals surface area contributed by atoms with E-state index in [1.807, 2.05) is 29.2 Å². The first-order valence-electron chi connectivity index (χ1n) is 9.70. The number of likely N-dealkylation sites (tertiary alicyclic amines) is 1. The third-order valence-corrected chi connectivity index (χ3v) is 5.51. The number of nitrogens with zero attached hydrogens (tertiary/aromatic N) is 2. The number of carbonyl (C=O) groups is 1. The molecule has 27 heavy (non-hydrogen) atoms. The molecule has 0 bridgehead atoms. The van der Waals surface area contributed by atoms with E-state index in [0.29, 0.717) is 11.5 Å². The van der Waals surface area contributed by atoms with Crippen molar-refractivity contribution in [3.05, 3.63) is 70.3 Å². The maximum atomic E-state index is 13.2. The first kappa shape index (κ1) is 19.2. The van der Waals surface area contributed by atoms with E-state index in [2.05, 4.69) is 52.0 Å². The summed E-state index contributed by atoms with van der Waals surface area (Å²) in [6.45, 7) is 10.1. The molecule has 1 aliphatic heterocycles. The highest BCUT2D eigenvalue weighted by Crippen LogP contribution is 2.31. The monoisotopic (exact) mass is 360 g/mol. The molecule has 3 heteroatoms. The molecule has 0 atom stereocenters. The summed E-state index contributed by atoms with van der Waals surface area (Å²) in [6.07, 6.45) is 1.93. The summed E-state index contributed by atoms with van der Waals surface area (Å²) in [4.78, 5) is 15.2. The molecule has 2 aromatic carbocycles. The van der Waals surface area contributed by atoms with Crippen LogP contribution in [-0.4, -0.2) is 23.9 Å². The van der Waals surface area contributed by atoms with Crippen LogP contribution in [0.25, 0.3) is 0 Å². The molecular formula is C24H28N2O. The molecule has 0 radical (unpaired) electrons. The zero-order valence-electron chi connectivity index (χ0n) is 16.7. The molecule has 1 saturated heterocycles. The molecule has 0 N–H and O–H groups in total. The molecule has 1 amide bonds. The van der Waals surface area contributed by atoms with Gasteiger partial charge in [-0.25, -0.2) is 0 Å². The van der Waals surface area contributed by atoms with Gasteiger partial charge < -0.3 is 4.90 Å². The van der Waals surface area contributed by atoms with Crippen LogP contribution in [-0.2, 0) is 5.41 Å². The molecule has 1 fully saturated rings. The highest BCUT2D eigenvalue weighted by atomic mass is 16.2. The molecule has 0 saturated carbocycles. The van der Waals surface area contributed by atoms with Crippen molar-refractivity contribution in [3.63, 3.8) is 0 Å². The fourth-order valence-electron chi connectivity index (χ4n) is 3.88. The van der Waals surface area contributed by atoms with Gasteiger partial charge in [0.05, 0.1) is 11.6 Å². The SMILES string of the molecule is Cc1ccc(C(=O)N2CCC(c3ccc(C#N)cc3)CC2)c(C(C)(C)C)c1. The van der Waals surface area contributed by atoms with Crippen LogP contribution >= 0.6 is 0 Å². The molecule has 3 nitrogen and oxygen atoms in total. The Labute approximate surface area is 162 Å². The van der Waals surface area contributed by atoms with Gasteiger partial charge in [0.2, 0.25) is 0 Å². The van der Waals surface area contributed by atoms with E-state index in [1.54, 1.807) is 0 Å². The summed E-state index contributed by atoms with van der Waals surface area (Å²) >= 11 is 0. The molecule has 0 aliphatic carbocycles. The number of hydrogen-bond donors (Lipinski definition) is 0. The average Bonchev–Trinajstić information content (AvgIpc) is 2.67. The summed E-state index contributed by atoms with van der Waals surface area (Å²) in [5.41, 5.74) is 5.06. The van der Waals surface area contributed by atoms with Crippen molar-refractivity contribution in [2.45, 2.75) is 51.9 Å². The Kier molecular flexibility index (Phi) is 5.37. The minimum atomic E-state index is -0.0577. The second-order valence-electron chi connectivity index (χ2n) is 8.60. The number of carbonyl (C=O) groups excluding carboxylic acids is 1. The van der Waals surface area contributed by atoms with E-state index in [0.717, 1.165) is 37.1 Å². The fraction of sp³-hybridized carbons (Fsp3) is 0.417. The Balaban J connectivity index is 1.73. The van der Waals surface area contributed by atoms with Crippen LogP contribution in [0.15, 0.2) is 42.5 Å². The van der Waals surface area contributed by atoms with E-state index in [-0.39, 0.29) is 11.3 Å². The van der Waals surface area contributed by atoms with Crippen LogP contribution in [0, 0.1) is 18.3 Å². The maximum absolute atomic E-state index is 13.2. The molecule has 3 rings (SSSR count). The third-order valence-electron chi connectivity index (χ3n) is 5.51. The zero-order valence-corrected chi connectivity index (χ0v) is 16.7. The van der Waals surface area contributed by atoms with E-state index < -0.39 is 0 Å². The quantitative estimate of drug-likeness (QED) is 0.740. The van der Waals surface area contributed by atoms with Crippen LogP contribution < -0.4 is 0 Å². The molecule has 1 aliphatic rings. The normalized spacial score (nSPS) is 15.4. The summed E-state index contributed by atoms with van der Waals surface area (Å²) < 4.78 is 0. The number of nitriles is 1. The number of aryl methyl sites for hydroxylation is 1. The van der Waals surface area contributed by atoms with Gasteiger partial charge in [-0.2, -0.15) is 5.26 Å². The van der Waals surface area contributed by atoms with Crippen molar-refractivity contribution < 1.29 is 4.79 Å². The lowest BCUT2D eigenvalue weighted by molar-refractivity contribution is 0.0710. The van der Waals surface area contributed by atoms with E-state index >= 15 is 0 Å². The summed E-state index contributed by atoms with van der Waals surface area (Å²) in [6, 6.07) is 16.2. The van der Waals surface area contributed by atoms with Gasteiger partial charge in [0, 0.05) is 18.7 Å². The first-order chi connectivity index (χ1) is 12.8. The highest BCUT2D eigenvalue weighted by Gasteiger charge is 2.28. The van der Waals surface area contributed by atoms with Gasteiger partial charge in [-0.3, -0.25) is 4.79 Å². The molecule has 2 aromatic rings. The largest absolute Gasteiger partial charge is 0.339 e. The second-order valence-corrected chi connectivity index (χ2v) is 8.60. The van der Waals surface area contributed by atoms with Crippen molar-refractivity contribution >= 4 is 5.91 Å². The topological polar surface area (TPSA) is 44.1 Å². The standard InChI is InChI=1S/C24H28N2O/c1-17-5-10-21(22(15-17)24(2,3)4)23(27)26-13-11-20(12-14-26)19-8-6-18(16-25)7-9-19/h5-10,15,20H,11-14H2,1-4H3. The Morgan fingerprint density at radius 1 is 1.07 bits per heavy atom. The Morgan fingerprint density at radius 2 is 1.70 bits per heavy atom. The lowest BCUT2D eigenvalue weighted by Gasteiger charge is -2.34. The zero-order chi connectivity index (χ0) is 19.6. The minimum absolute atomic E-state index is 0.0577. The number of hydrogen-bond acceptors (Lipinski definition) is 2. The second kappa shape index (κ2) is 7.56. The van der Waals surface area contributed by atoms with Crippen LogP contribution in [0.3, 0.4) is 0 Å². The number of piperidine rings is 1. The predicted molar refractivity (Wildman–Crippen MR) is 109 cm³/mol. The number of amides is 1. The number of rotatable bonds is 2. The molecule has 0 unspecified atom stereocenters. The van der Waals surface area contributed by atoms with Crippen LogP contribution in [0.1, 0.15) is 72.1 Å². The van der Waals surface area contributed by atoms with Gasteiger partial charge in [-0.1, -0.05) is 50.6 Å². The van der Waals surface area contributed by atoms with Gasteiger partial charge in [0.25, 0.3) is 5.91 Å². The maximum Gasteiger partial charge on any atom is 0.254 e. The van der Waals surface area contributed by atoms with Crippen LogP contribution in [0.5, 0.6) is 0 Å². The summed E-state index contributed by atoms with van der Waals surface area (Å²) in [5, 5.41) is 8.95. The van der Waals surface area contributed by atoms with Crippen LogP contribution in [0.2, 0.25) is 0 Å². The summed E-state index contributed by atoms with van der Waals surface area (Å²) in [7, 11) is 0. The van der Waals surface area contributed by atoms with Crippen LogP contribution in [0.4, 0.5) is 0 Å². The minimum Gasteiger partial charge on any atom is -0.339 e. The van der Waals surface area contributed by atoms with Gasteiger partial charge in [0.1, 0.15) is 0 Å². The van der Waals surface area contributed by atoms with Crippen molar-refractivity contribution in [3.8, 4) is 6.07 Å². The van der Waals surface area contributed by atoms with Crippen molar-refractivity contribution in [1.29, 1.82) is 5.26 Å². The van der Waals surface area contributed by atoms with Gasteiger partial charge in [0.15, 0.2) is 0 Å². The fourth-order valence-corrected chi connectivity index (χ4v) is 3.88. The molecular weight excluding hydrogens is 332 g/mol. The van der Waals surface area contributed by atoms with E-state index in [9.17, 15) is 4.79 Å². The van der Waals surface area contributed by atoms with E-state index in [1.165, 1.54) is 11.1 Å². The molecule has 1 heterocycles. The Bertz CT molecular complexity index is 861. The van der Waals surface area contributed by atoms with E-state index in [4.69, 9.17) is 5.26 Å². The third kappa shape index (κ3) is 4.22. The highest BCUT2D eigenvalue weighted by molar-refractivity contribution is 5.96. The van der Waals surface area contributed by atoms with Gasteiger partial charge >= 0.3 is 0 Å². The molecule has 140 valence electrons. The number of benzene rings is 2. The average molecular weight is 361 g/mol. The Hall–Kier alpha value is -2.60. The predicted octanol–water partition coefficient (Wildman–Crippen LogP) is 5.18. The lowest BCUT2D eigenvalue weighted by atomic mass is 9.82. The smallest absolute Gasteiger partial charge is 0.254 e. The molecule has 0 aromatic heterocycles. The first-order valence-corrected chi connectivity index (χ1v) is 9.70. The Morgan fingerprint density at radius 3 is 2.26 bits per heavy atom. The van der Waals surface area contributed by atoms with Crippen molar-refractivity contribution in [1.82, 2.24) is 4.90 Å². The summed E-state index contributed by atoms with van der Waals surface area (Å²) in [5.74, 6) is 0.611. The van der Waals surface area contributed by atoms with Gasteiger partial charge in [-0.15, -0.1) is 0 Å². The van der Waals surface area contributed by atoms with Crippen molar-refractivity contribution in [2.75, 3.05) is 13.1 Å². The lowest BCUT2D eigenvalue weighted by Crippen LogP contribution is -2.39. The molecule has 0 spiro atoms. The van der Waals surface area contributed by atoms with Crippen molar-refractivity contribution in [2.24, 2.45) is 0 Å².